The van der Waals surface area contributed by atoms with Crippen LogP contribution in [0.3, 0.4) is 0 Å². The van der Waals surface area contributed by atoms with E-state index >= 15 is 0 Å². The van der Waals surface area contributed by atoms with E-state index < -0.39 is 6.10 Å². The number of hydrogen-bond acceptors (Lipinski definition) is 4. The van der Waals surface area contributed by atoms with Gasteiger partial charge in [-0.15, -0.1) is 0 Å². The van der Waals surface area contributed by atoms with Gasteiger partial charge in [-0.05, 0) is 6.92 Å². The number of rotatable bonds is 7. The minimum Gasteiger partial charge on any atom is -0.370 e. The number of amides is 2. The number of nitrogens with one attached hydrogen (secondary N) is 2. The van der Waals surface area contributed by atoms with E-state index in [1.54, 1.807) is 0 Å². The molecule has 0 aromatic rings. The maximum Gasteiger partial charge on any atom is 0.250 e. The summed E-state index contributed by atoms with van der Waals surface area (Å²) in [6.07, 6.45) is -0.375. The molecular weight excluding hydrogens is 198 g/mol. The molecule has 0 saturated heterocycles. The Morgan fingerprint density at radius 2 is 2.07 bits per heavy atom. The molecule has 0 saturated carbocycles. The summed E-state index contributed by atoms with van der Waals surface area (Å²) in [5.74, 6) is -0.371. The van der Waals surface area contributed by atoms with Gasteiger partial charge in [0, 0.05) is 33.2 Å². The van der Waals surface area contributed by atoms with Crippen molar-refractivity contribution in [1.82, 2.24) is 10.6 Å². The number of ether oxygens (including phenoxy) is 1. The van der Waals surface area contributed by atoms with E-state index in [1.165, 1.54) is 7.11 Å². The Labute approximate surface area is 89.5 Å². The summed E-state index contributed by atoms with van der Waals surface area (Å²) in [7, 11) is 1.42. The maximum atomic E-state index is 11.3. The highest BCUT2D eigenvalue weighted by molar-refractivity contribution is 5.82. The molecule has 0 aromatic carbocycles. The van der Waals surface area contributed by atoms with Crippen molar-refractivity contribution in [2.75, 3.05) is 26.7 Å². The topological polar surface area (TPSA) is 93.5 Å². The fraction of sp³-hybridized carbons (Fsp3) is 0.778. The molecule has 4 N–H and O–H groups in total. The molecule has 1 unspecified atom stereocenters. The van der Waals surface area contributed by atoms with Gasteiger partial charge in [0.15, 0.2) is 0 Å². The predicted molar refractivity (Wildman–Crippen MR) is 56.2 cm³/mol. The summed E-state index contributed by atoms with van der Waals surface area (Å²) in [5.41, 5.74) is 5.30. The number of carbonyl (C=O) groups is 2. The fourth-order valence-corrected chi connectivity index (χ4v) is 1.01. The third kappa shape index (κ3) is 6.03. The van der Waals surface area contributed by atoms with Crippen LogP contribution in [0.1, 0.15) is 13.3 Å². The summed E-state index contributed by atoms with van der Waals surface area (Å²) in [4.78, 5) is 22.3. The SMILES string of the molecule is CCNC(=O)CCNC(=O)C(CN)OC. The van der Waals surface area contributed by atoms with Gasteiger partial charge in [0.05, 0.1) is 0 Å². The lowest BCUT2D eigenvalue weighted by molar-refractivity contribution is -0.130. The van der Waals surface area contributed by atoms with E-state index in [0.29, 0.717) is 13.1 Å². The zero-order valence-corrected chi connectivity index (χ0v) is 9.21. The van der Waals surface area contributed by atoms with Crippen molar-refractivity contribution in [3.8, 4) is 0 Å². The summed E-state index contributed by atoms with van der Waals surface area (Å²) in [6, 6.07) is 0. The first-order valence-electron chi connectivity index (χ1n) is 4.93. The van der Waals surface area contributed by atoms with Crippen molar-refractivity contribution in [3.05, 3.63) is 0 Å². The standard InChI is InChI=1S/C9H19N3O3/c1-3-11-8(13)4-5-12-9(14)7(6-10)15-2/h7H,3-6,10H2,1-2H3,(H,11,13)(H,12,14). The minimum atomic E-state index is -0.640. The van der Waals surface area contributed by atoms with Crippen molar-refractivity contribution in [2.24, 2.45) is 5.73 Å². The third-order valence-corrected chi connectivity index (χ3v) is 1.82. The van der Waals surface area contributed by atoms with Crippen molar-refractivity contribution in [3.63, 3.8) is 0 Å². The van der Waals surface area contributed by atoms with E-state index in [4.69, 9.17) is 10.5 Å². The summed E-state index contributed by atoms with van der Waals surface area (Å²) >= 11 is 0. The number of carbonyl (C=O) groups excluding carboxylic acids is 2. The van der Waals surface area contributed by atoms with Gasteiger partial charge in [-0.3, -0.25) is 9.59 Å². The lowest BCUT2D eigenvalue weighted by Crippen LogP contribution is -2.41. The molecule has 0 aromatic heterocycles. The molecule has 1 atom stereocenters. The molecular formula is C9H19N3O3. The molecule has 0 aliphatic heterocycles. The van der Waals surface area contributed by atoms with Crippen molar-refractivity contribution >= 4 is 11.8 Å². The average molecular weight is 217 g/mol. The second-order valence-electron chi connectivity index (χ2n) is 2.95. The molecule has 88 valence electrons. The zero-order valence-electron chi connectivity index (χ0n) is 9.21. The molecule has 0 bridgehead atoms. The van der Waals surface area contributed by atoms with Crippen LogP contribution in [0, 0.1) is 0 Å². The molecule has 0 rings (SSSR count). The van der Waals surface area contributed by atoms with Crippen LogP contribution in [0.25, 0.3) is 0 Å². The normalized spacial score (nSPS) is 11.9. The molecule has 0 spiro atoms. The second-order valence-corrected chi connectivity index (χ2v) is 2.95. The van der Waals surface area contributed by atoms with Gasteiger partial charge in [-0.1, -0.05) is 0 Å². The average Bonchev–Trinajstić information content (AvgIpc) is 2.20. The first-order chi connectivity index (χ1) is 7.15. The largest absolute Gasteiger partial charge is 0.370 e. The molecule has 15 heavy (non-hydrogen) atoms. The highest BCUT2D eigenvalue weighted by Crippen LogP contribution is 1.87. The van der Waals surface area contributed by atoms with Crippen LogP contribution < -0.4 is 16.4 Å². The maximum absolute atomic E-state index is 11.3. The molecule has 0 fully saturated rings. The van der Waals surface area contributed by atoms with Gasteiger partial charge in [0.1, 0.15) is 6.10 Å². The first kappa shape index (κ1) is 13.9. The molecule has 0 aliphatic carbocycles. The van der Waals surface area contributed by atoms with Gasteiger partial charge in [0.25, 0.3) is 0 Å². The van der Waals surface area contributed by atoms with E-state index in [2.05, 4.69) is 10.6 Å². The lowest BCUT2D eigenvalue weighted by atomic mass is 10.3. The minimum absolute atomic E-state index is 0.0838. The van der Waals surface area contributed by atoms with Crippen molar-refractivity contribution < 1.29 is 14.3 Å². The molecule has 2 amide bonds. The Morgan fingerprint density at radius 3 is 2.53 bits per heavy atom. The van der Waals surface area contributed by atoms with Crippen molar-refractivity contribution in [2.45, 2.75) is 19.4 Å². The van der Waals surface area contributed by atoms with Gasteiger partial charge in [0.2, 0.25) is 11.8 Å². The van der Waals surface area contributed by atoms with E-state index in [0.717, 1.165) is 0 Å². The van der Waals surface area contributed by atoms with Gasteiger partial charge >= 0.3 is 0 Å². The summed E-state index contributed by atoms with van der Waals surface area (Å²) < 4.78 is 4.83. The number of methoxy groups -OCH3 is 1. The van der Waals surface area contributed by atoms with E-state index in [1.807, 2.05) is 6.92 Å². The highest BCUT2D eigenvalue weighted by atomic mass is 16.5. The van der Waals surface area contributed by atoms with Gasteiger partial charge in [-0.2, -0.15) is 0 Å². The van der Waals surface area contributed by atoms with Crippen LogP contribution in [0.15, 0.2) is 0 Å². The monoisotopic (exact) mass is 217 g/mol. The summed E-state index contributed by atoms with van der Waals surface area (Å²) in [5, 5.41) is 5.20. The van der Waals surface area contributed by atoms with Crippen LogP contribution in [0.4, 0.5) is 0 Å². The summed E-state index contributed by atoms with van der Waals surface area (Å²) in [6.45, 7) is 2.86. The van der Waals surface area contributed by atoms with Crippen LogP contribution >= 0.6 is 0 Å². The van der Waals surface area contributed by atoms with E-state index in [-0.39, 0.29) is 24.8 Å². The Bertz CT molecular complexity index is 205. The molecule has 0 radical (unpaired) electrons. The fourth-order valence-electron chi connectivity index (χ4n) is 1.01. The first-order valence-corrected chi connectivity index (χ1v) is 4.93. The Morgan fingerprint density at radius 1 is 1.40 bits per heavy atom. The Balaban J connectivity index is 3.67. The third-order valence-electron chi connectivity index (χ3n) is 1.82. The van der Waals surface area contributed by atoms with Crippen LogP contribution in [-0.4, -0.2) is 44.7 Å². The number of nitrogens with two attached hydrogens (primary N) is 1. The Hall–Kier alpha value is -1.14. The van der Waals surface area contributed by atoms with E-state index in [9.17, 15) is 9.59 Å². The van der Waals surface area contributed by atoms with Crippen LogP contribution in [0.5, 0.6) is 0 Å². The Kier molecular flexibility index (Phi) is 7.57. The van der Waals surface area contributed by atoms with Crippen molar-refractivity contribution in [1.29, 1.82) is 0 Å². The van der Waals surface area contributed by atoms with Crippen LogP contribution in [0.2, 0.25) is 0 Å². The molecule has 6 nitrogen and oxygen atoms in total. The quantitative estimate of drug-likeness (QED) is 0.489. The van der Waals surface area contributed by atoms with Gasteiger partial charge < -0.3 is 21.1 Å². The van der Waals surface area contributed by atoms with Gasteiger partial charge in [-0.25, -0.2) is 0 Å². The zero-order chi connectivity index (χ0) is 11.7. The molecule has 6 heteroatoms. The predicted octanol–water partition coefficient (Wildman–Crippen LogP) is -1.40. The van der Waals surface area contributed by atoms with Crippen LogP contribution in [-0.2, 0) is 14.3 Å². The lowest BCUT2D eigenvalue weighted by Gasteiger charge is -2.12. The number of hydrogen-bond donors (Lipinski definition) is 3. The second kappa shape index (κ2) is 8.19. The highest BCUT2D eigenvalue weighted by Gasteiger charge is 2.14. The molecule has 0 heterocycles. The smallest absolute Gasteiger partial charge is 0.250 e. The molecule has 0 aliphatic rings.